The lowest BCUT2D eigenvalue weighted by Crippen LogP contribution is -2.38. The predicted molar refractivity (Wildman–Crippen MR) is 124 cm³/mol. The van der Waals surface area contributed by atoms with Gasteiger partial charge in [0.05, 0.1) is 17.1 Å². The van der Waals surface area contributed by atoms with Gasteiger partial charge in [-0.15, -0.1) is 11.3 Å². The second kappa shape index (κ2) is 10.3. The second-order valence-corrected chi connectivity index (χ2v) is 10.4. The number of aromatic nitrogens is 1. The van der Waals surface area contributed by atoms with E-state index in [0.29, 0.717) is 11.4 Å². The molecule has 2 aromatic rings. The maximum atomic E-state index is 11.8. The molecule has 0 amide bonds. The number of nitrogens with zero attached hydrogens (tertiary/aromatic N) is 3. The summed E-state index contributed by atoms with van der Waals surface area (Å²) in [6, 6.07) is 5.38. The molecule has 1 aliphatic rings. The molecule has 0 unspecified atom stereocenters. The Kier molecular flexibility index (Phi) is 7.71. The van der Waals surface area contributed by atoms with E-state index in [1.807, 2.05) is 26.0 Å². The van der Waals surface area contributed by atoms with Gasteiger partial charge in [-0.1, -0.05) is 12.1 Å². The number of aliphatic imine (C=N–C) groups is 1. The van der Waals surface area contributed by atoms with Crippen LogP contribution >= 0.6 is 11.3 Å². The third-order valence-corrected chi connectivity index (χ3v) is 7.20. The zero-order chi connectivity index (χ0) is 21.6. The van der Waals surface area contributed by atoms with Gasteiger partial charge in [0.25, 0.3) is 0 Å². The van der Waals surface area contributed by atoms with E-state index >= 15 is 0 Å². The van der Waals surface area contributed by atoms with Crippen LogP contribution in [0, 0.1) is 6.92 Å². The van der Waals surface area contributed by atoms with E-state index in [-0.39, 0.29) is 0 Å². The molecule has 3 rings (SSSR count). The maximum Gasteiger partial charge on any atom is 0.191 e. The molecule has 0 aliphatic carbocycles. The van der Waals surface area contributed by atoms with E-state index in [1.54, 1.807) is 17.4 Å². The maximum absolute atomic E-state index is 11.8. The van der Waals surface area contributed by atoms with Gasteiger partial charge in [0.2, 0.25) is 0 Å². The van der Waals surface area contributed by atoms with Gasteiger partial charge in [-0.2, -0.15) is 0 Å². The van der Waals surface area contributed by atoms with Gasteiger partial charge in [0, 0.05) is 44.2 Å². The first-order valence-electron chi connectivity index (χ1n) is 10.4. The van der Waals surface area contributed by atoms with E-state index in [1.165, 1.54) is 19.1 Å². The number of aryl methyl sites for hydroxylation is 1. The highest BCUT2D eigenvalue weighted by atomic mass is 32.2. The predicted octanol–water partition coefficient (Wildman–Crippen LogP) is 2.75. The first-order chi connectivity index (χ1) is 14.4. The summed E-state index contributed by atoms with van der Waals surface area (Å²) in [6.07, 6.45) is 4.60. The number of benzene rings is 1. The molecule has 0 bridgehead atoms. The SMILES string of the molecule is CCNC(=NCc1ccc(S(C)(=O)=O)c(C)c1)NCCc1csc(N2CCCC2)n1. The molecule has 9 heteroatoms. The normalized spacial score (nSPS) is 14.9. The summed E-state index contributed by atoms with van der Waals surface area (Å²) in [5.74, 6) is 0.748. The van der Waals surface area contributed by atoms with Crippen molar-refractivity contribution in [3.63, 3.8) is 0 Å². The summed E-state index contributed by atoms with van der Waals surface area (Å²) in [4.78, 5) is 12.1. The molecule has 2 heterocycles. The van der Waals surface area contributed by atoms with Crippen molar-refractivity contribution in [2.75, 3.05) is 37.3 Å². The molecule has 164 valence electrons. The second-order valence-electron chi connectivity index (χ2n) is 7.56. The van der Waals surface area contributed by atoms with Crippen molar-refractivity contribution in [3.8, 4) is 0 Å². The molecule has 0 saturated carbocycles. The van der Waals surface area contributed by atoms with Crippen molar-refractivity contribution >= 4 is 32.3 Å². The van der Waals surface area contributed by atoms with Crippen LogP contribution in [0.5, 0.6) is 0 Å². The Labute approximate surface area is 183 Å². The lowest BCUT2D eigenvalue weighted by Gasteiger charge is -2.12. The van der Waals surface area contributed by atoms with Crippen LogP contribution in [0.25, 0.3) is 0 Å². The highest BCUT2D eigenvalue weighted by Gasteiger charge is 2.15. The third-order valence-electron chi connectivity index (χ3n) is 4.99. The van der Waals surface area contributed by atoms with Crippen LogP contribution in [0.2, 0.25) is 0 Å². The smallest absolute Gasteiger partial charge is 0.191 e. The van der Waals surface area contributed by atoms with Crippen molar-refractivity contribution in [1.82, 2.24) is 15.6 Å². The molecule has 1 saturated heterocycles. The third kappa shape index (κ3) is 6.18. The standard InChI is InChI=1S/C21H31N5O2S2/c1-4-22-20(24-14-17-7-8-19(16(2)13-17)30(3,27)28)23-10-9-18-15-29-21(25-18)26-11-5-6-12-26/h7-8,13,15H,4-6,9-12,14H2,1-3H3,(H2,22,23,24). The Morgan fingerprint density at radius 3 is 2.70 bits per heavy atom. The summed E-state index contributed by atoms with van der Waals surface area (Å²) in [6.45, 7) is 8.09. The lowest BCUT2D eigenvalue weighted by atomic mass is 10.1. The number of rotatable bonds is 8. The van der Waals surface area contributed by atoms with Crippen molar-refractivity contribution < 1.29 is 8.42 Å². The number of thiazole rings is 1. The average Bonchev–Trinajstić information content (AvgIpc) is 3.37. The fourth-order valence-corrected chi connectivity index (χ4v) is 5.38. The molecule has 1 aromatic carbocycles. The number of hydrogen-bond acceptors (Lipinski definition) is 6. The van der Waals surface area contributed by atoms with Gasteiger partial charge in [0.15, 0.2) is 20.9 Å². The Morgan fingerprint density at radius 1 is 1.27 bits per heavy atom. The Morgan fingerprint density at radius 2 is 2.03 bits per heavy atom. The minimum Gasteiger partial charge on any atom is -0.357 e. The highest BCUT2D eigenvalue weighted by Crippen LogP contribution is 2.24. The van der Waals surface area contributed by atoms with E-state index in [4.69, 9.17) is 4.98 Å². The van der Waals surface area contributed by atoms with Crippen molar-refractivity contribution in [2.24, 2.45) is 4.99 Å². The van der Waals surface area contributed by atoms with E-state index < -0.39 is 9.84 Å². The molecule has 1 aliphatic heterocycles. The van der Waals surface area contributed by atoms with Gasteiger partial charge in [-0.3, -0.25) is 0 Å². The fraction of sp³-hybridized carbons (Fsp3) is 0.524. The number of anilines is 1. The zero-order valence-corrected chi connectivity index (χ0v) is 19.6. The zero-order valence-electron chi connectivity index (χ0n) is 17.9. The van der Waals surface area contributed by atoms with Crippen LogP contribution in [-0.2, 0) is 22.8 Å². The molecular weight excluding hydrogens is 418 g/mol. The van der Waals surface area contributed by atoms with Gasteiger partial charge in [-0.05, 0) is 43.9 Å². The molecule has 30 heavy (non-hydrogen) atoms. The lowest BCUT2D eigenvalue weighted by molar-refractivity contribution is 0.601. The molecule has 0 spiro atoms. The van der Waals surface area contributed by atoms with E-state index in [0.717, 1.165) is 60.5 Å². The van der Waals surface area contributed by atoms with Crippen molar-refractivity contribution in [2.45, 2.75) is 44.6 Å². The Hall–Kier alpha value is -2.13. The van der Waals surface area contributed by atoms with Gasteiger partial charge >= 0.3 is 0 Å². The monoisotopic (exact) mass is 449 g/mol. The largest absolute Gasteiger partial charge is 0.357 e. The van der Waals surface area contributed by atoms with Crippen molar-refractivity contribution in [3.05, 3.63) is 40.4 Å². The summed E-state index contributed by atoms with van der Waals surface area (Å²) >= 11 is 1.73. The minimum absolute atomic E-state index is 0.372. The van der Waals surface area contributed by atoms with Gasteiger partial charge in [0.1, 0.15) is 0 Å². The number of sulfone groups is 1. The topological polar surface area (TPSA) is 86.7 Å². The molecular formula is C21H31N5O2S2. The van der Waals surface area contributed by atoms with Crippen LogP contribution in [0.15, 0.2) is 33.5 Å². The highest BCUT2D eigenvalue weighted by molar-refractivity contribution is 7.90. The number of guanidine groups is 1. The van der Waals surface area contributed by atoms with Crippen LogP contribution in [0.1, 0.15) is 36.6 Å². The molecule has 0 atom stereocenters. The van der Waals surface area contributed by atoms with Crippen molar-refractivity contribution in [1.29, 1.82) is 0 Å². The Balaban J connectivity index is 1.55. The summed E-state index contributed by atoms with van der Waals surface area (Å²) < 4.78 is 23.5. The minimum atomic E-state index is -3.20. The molecule has 1 fully saturated rings. The fourth-order valence-electron chi connectivity index (χ4n) is 3.51. The van der Waals surface area contributed by atoms with E-state index in [2.05, 4.69) is 25.9 Å². The first-order valence-corrected chi connectivity index (χ1v) is 13.1. The summed E-state index contributed by atoms with van der Waals surface area (Å²) in [5, 5.41) is 9.90. The first kappa shape index (κ1) is 22.6. The van der Waals surface area contributed by atoms with Gasteiger partial charge < -0.3 is 15.5 Å². The molecule has 2 N–H and O–H groups in total. The molecule has 1 aromatic heterocycles. The van der Waals surface area contributed by atoms with E-state index in [9.17, 15) is 8.42 Å². The van der Waals surface area contributed by atoms with Gasteiger partial charge in [-0.25, -0.2) is 18.4 Å². The Bertz CT molecular complexity index is 979. The summed E-state index contributed by atoms with van der Waals surface area (Å²) in [7, 11) is -3.20. The van der Waals surface area contributed by atoms with Crippen LogP contribution in [-0.4, -0.2) is 51.8 Å². The average molecular weight is 450 g/mol. The molecule has 7 nitrogen and oxygen atoms in total. The molecule has 0 radical (unpaired) electrons. The quantitative estimate of drug-likeness (QED) is 0.476. The number of hydrogen-bond donors (Lipinski definition) is 2. The number of nitrogens with one attached hydrogen (secondary N) is 2. The van der Waals surface area contributed by atoms with Crippen LogP contribution in [0.3, 0.4) is 0 Å². The van der Waals surface area contributed by atoms with Crippen LogP contribution in [0.4, 0.5) is 5.13 Å². The van der Waals surface area contributed by atoms with Crippen LogP contribution < -0.4 is 15.5 Å². The summed E-state index contributed by atoms with van der Waals surface area (Å²) in [5.41, 5.74) is 2.84.